The maximum Gasteiger partial charge on any atom is 0.164 e. The maximum atomic E-state index is 6.55. The smallest absolute Gasteiger partial charge is 0.164 e. The average molecular weight is 709 g/mol. The summed E-state index contributed by atoms with van der Waals surface area (Å²) in [6.07, 6.45) is 0. The second-order valence-electron chi connectivity index (χ2n) is 13.4. The first kappa shape index (κ1) is 30.6. The molecule has 4 aromatic heterocycles. The summed E-state index contributed by atoms with van der Waals surface area (Å²) in [6, 6.07) is 58.4. The lowest BCUT2D eigenvalue weighted by atomic mass is 9.95. The molecule has 0 saturated heterocycles. The van der Waals surface area contributed by atoms with Gasteiger partial charge in [0.25, 0.3) is 0 Å². The highest BCUT2D eigenvalue weighted by atomic mass is 32.1. The zero-order chi connectivity index (χ0) is 35.6. The van der Waals surface area contributed by atoms with Gasteiger partial charge < -0.3 is 4.42 Å². The highest BCUT2D eigenvalue weighted by Gasteiger charge is 2.21. The van der Waals surface area contributed by atoms with Crippen molar-refractivity contribution >= 4 is 64.4 Å². The molecule has 0 radical (unpaired) electrons. The van der Waals surface area contributed by atoms with E-state index in [0.29, 0.717) is 17.5 Å². The number of pyridine rings is 1. The van der Waals surface area contributed by atoms with E-state index in [1.165, 1.54) is 14.8 Å². The van der Waals surface area contributed by atoms with Gasteiger partial charge in [-0.15, -0.1) is 11.3 Å². The van der Waals surface area contributed by atoms with Gasteiger partial charge in [0.05, 0.1) is 11.2 Å². The Labute approximate surface area is 313 Å². The predicted molar refractivity (Wildman–Crippen MR) is 222 cm³/mol. The molecule has 252 valence electrons. The number of fused-ring (bicyclic) bond motifs is 8. The molecule has 11 aromatic rings. The fourth-order valence-corrected chi connectivity index (χ4v) is 8.91. The number of hydrogen-bond acceptors (Lipinski definition) is 6. The lowest BCUT2D eigenvalue weighted by Gasteiger charge is -2.13. The molecule has 0 spiro atoms. The maximum absolute atomic E-state index is 6.55. The van der Waals surface area contributed by atoms with Crippen LogP contribution in [0.2, 0.25) is 0 Å². The Morgan fingerprint density at radius 1 is 0.407 bits per heavy atom. The van der Waals surface area contributed by atoms with Gasteiger partial charge in [-0.2, -0.15) is 0 Å². The first-order valence-electron chi connectivity index (χ1n) is 17.9. The summed E-state index contributed by atoms with van der Waals surface area (Å²) in [7, 11) is 0. The van der Waals surface area contributed by atoms with Crippen LogP contribution in [0.1, 0.15) is 0 Å². The van der Waals surface area contributed by atoms with Crippen LogP contribution < -0.4 is 0 Å². The number of hydrogen-bond donors (Lipinski definition) is 0. The molecule has 5 nitrogen and oxygen atoms in total. The molecule has 0 aliphatic heterocycles. The van der Waals surface area contributed by atoms with E-state index < -0.39 is 0 Å². The van der Waals surface area contributed by atoms with Crippen LogP contribution in [0.15, 0.2) is 174 Å². The van der Waals surface area contributed by atoms with Gasteiger partial charge in [-0.05, 0) is 29.8 Å². The van der Waals surface area contributed by atoms with E-state index in [0.717, 1.165) is 77.3 Å². The quantitative estimate of drug-likeness (QED) is 0.178. The van der Waals surface area contributed by atoms with E-state index in [-0.39, 0.29) is 0 Å². The van der Waals surface area contributed by atoms with E-state index >= 15 is 0 Å². The first-order valence-corrected chi connectivity index (χ1v) is 18.7. The Bertz CT molecular complexity index is 3170. The molecule has 0 unspecified atom stereocenters. The summed E-state index contributed by atoms with van der Waals surface area (Å²) < 4.78 is 8.96. The van der Waals surface area contributed by atoms with Crippen LogP contribution in [-0.4, -0.2) is 19.9 Å². The topological polar surface area (TPSA) is 64.7 Å². The van der Waals surface area contributed by atoms with Crippen LogP contribution in [0.3, 0.4) is 0 Å². The Kier molecular flexibility index (Phi) is 6.97. The van der Waals surface area contributed by atoms with Crippen LogP contribution in [0.4, 0.5) is 0 Å². The van der Waals surface area contributed by atoms with Gasteiger partial charge in [-0.25, -0.2) is 19.9 Å². The van der Waals surface area contributed by atoms with Crippen molar-refractivity contribution in [2.75, 3.05) is 0 Å². The van der Waals surface area contributed by atoms with E-state index in [1.54, 1.807) is 0 Å². The van der Waals surface area contributed by atoms with E-state index in [9.17, 15) is 0 Å². The molecule has 54 heavy (non-hydrogen) atoms. The third-order valence-corrected chi connectivity index (χ3v) is 11.3. The molecular formula is C48H28N4OS. The number of thiophene rings is 1. The fraction of sp³-hybridized carbons (Fsp3) is 0. The van der Waals surface area contributed by atoms with Gasteiger partial charge in [-0.3, -0.25) is 0 Å². The molecule has 6 heteroatoms. The standard InChI is InChI=1S/C48H28N4OS/c1-3-14-29(15-4-1)46-50-47(30-16-5-2-6-17-30)52-48(51-46)32-19-11-18-31(28-32)43-42-37-21-8-10-27-40(37)54-45(42)41-34(22-13-25-38(41)49-43)36-24-12-23-35-33-20-7-9-26-39(33)53-44(35)36/h1-28H. The lowest BCUT2D eigenvalue weighted by Crippen LogP contribution is -2.00. The molecule has 0 bridgehead atoms. The number of para-hydroxylation sites is 2. The largest absolute Gasteiger partial charge is 0.455 e. The van der Waals surface area contributed by atoms with Crippen molar-refractivity contribution in [1.29, 1.82) is 0 Å². The van der Waals surface area contributed by atoms with E-state index in [2.05, 4.69) is 97.1 Å². The van der Waals surface area contributed by atoms with Crippen LogP contribution in [0.5, 0.6) is 0 Å². The molecule has 0 atom stereocenters. The number of benzene rings is 7. The van der Waals surface area contributed by atoms with Gasteiger partial charge in [0, 0.05) is 64.1 Å². The molecule has 11 rings (SSSR count). The number of furan rings is 1. The summed E-state index contributed by atoms with van der Waals surface area (Å²) in [5, 5.41) is 5.67. The Morgan fingerprint density at radius 2 is 0.981 bits per heavy atom. The van der Waals surface area contributed by atoms with Gasteiger partial charge in [0.15, 0.2) is 17.5 Å². The minimum Gasteiger partial charge on any atom is -0.455 e. The molecule has 7 aromatic carbocycles. The van der Waals surface area contributed by atoms with E-state index in [4.69, 9.17) is 24.4 Å². The minimum absolute atomic E-state index is 0.609. The third kappa shape index (κ3) is 4.92. The number of nitrogens with zero attached hydrogens (tertiary/aromatic N) is 4. The van der Waals surface area contributed by atoms with Gasteiger partial charge in [0.2, 0.25) is 0 Å². The molecule has 0 N–H and O–H groups in total. The molecule has 4 heterocycles. The summed E-state index contributed by atoms with van der Waals surface area (Å²) in [6.45, 7) is 0. The molecule has 0 aliphatic carbocycles. The van der Waals surface area contributed by atoms with Crippen molar-refractivity contribution in [1.82, 2.24) is 19.9 Å². The van der Waals surface area contributed by atoms with Crippen molar-refractivity contribution in [3.05, 3.63) is 170 Å². The van der Waals surface area contributed by atoms with Crippen LogP contribution in [0, 0.1) is 0 Å². The monoisotopic (exact) mass is 708 g/mol. The highest BCUT2D eigenvalue weighted by Crippen LogP contribution is 2.47. The highest BCUT2D eigenvalue weighted by molar-refractivity contribution is 7.26. The molecule has 0 amide bonds. The molecule has 0 fully saturated rings. The molecule has 0 aliphatic rings. The van der Waals surface area contributed by atoms with Crippen molar-refractivity contribution in [2.24, 2.45) is 0 Å². The summed E-state index contributed by atoms with van der Waals surface area (Å²) in [4.78, 5) is 20.4. The zero-order valence-electron chi connectivity index (χ0n) is 28.8. The Morgan fingerprint density at radius 3 is 1.76 bits per heavy atom. The summed E-state index contributed by atoms with van der Waals surface area (Å²) in [5.41, 5.74) is 9.56. The van der Waals surface area contributed by atoms with Crippen LogP contribution in [-0.2, 0) is 0 Å². The number of aromatic nitrogens is 4. The number of rotatable bonds is 5. The predicted octanol–water partition coefficient (Wildman–Crippen LogP) is 13.0. The molecule has 0 saturated carbocycles. The van der Waals surface area contributed by atoms with Gasteiger partial charge in [0.1, 0.15) is 11.2 Å². The molecular weight excluding hydrogens is 681 g/mol. The van der Waals surface area contributed by atoms with Crippen LogP contribution >= 0.6 is 11.3 Å². The normalized spacial score (nSPS) is 11.7. The van der Waals surface area contributed by atoms with Gasteiger partial charge >= 0.3 is 0 Å². The first-order chi connectivity index (χ1) is 26.8. The third-order valence-electron chi connectivity index (χ3n) is 10.1. The lowest BCUT2D eigenvalue weighted by molar-refractivity contribution is 0.670. The average Bonchev–Trinajstić information content (AvgIpc) is 3.83. The second kappa shape index (κ2) is 12.3. The minimum atomic E-state index is 0.609. The van der Waals surface area contributed by atoms with Crippen molar-refractivity contribution in [2.45, 2.75) is 0 Å². The Hall–Kier alpha value is -7.02. The van der Waals surface area contributed by atoms with Crippen LogP contribution in [0.25, 0.3) is 110 Å². The SMILES string of the molecule is c1ccc(-c2nc(-c3ccccc3)nc(-c3cccc(-c4nc5cccc(-c6cccc7c6oc6ccccc67)c5c5sc6ccccc6c45)c3)n2)cc1. The Balaban J connectivity index is 1.14. The van der Waals surface area contributed by atoms with Crippen molar-refractivity contribution in [3.8, 4) is 56.5 Å². The zero-order valence-corrected chi connectivity index (χ0v) is 29.6. The van der Waals surface area contributed by atoms with Gasteiger partial charge in [-0.1, -0.05) is 146 Å². The second-order valence-corrected chi connectivity index (χ2v) is 14.4. The fourth-order valence-electron chi connectivity index (χ4n) is 7.64. The van der Waals surface area contributed by atoms with Crippen molar-refractivity contribution in [3.63, 3.8) is 0 Å². The summed E-state index contributed by atoms with van der Waals surface area (Å²) in [5.74, 6) is 1.87. The van der Waals surface area contributed by atoms with E-state index in [1.807, 2.05) is 84.1 Å². The van der Waals surface area contributed by atoms with Crippen molar-refractivity contribution < 1.29 is 4.42 Å². The summed E-state index contributed by atoms with van der Waals surface area (Å²) >= 11 is 1.82.